The van der Waals surface area contributed by atoms with Gasteiger partial charge in [-0.25, -0.2) is 8.42 Å². The SMILES string of the molecule is O=[N+]([O-])c1c(NC2CCS(=O)(=O)C2)ccc2ncccc12. The summed E-state index contributed by atoms with van der Waals surface area (Å²) in [5.41, 5.74) is 0.807. The summed E-state index contributed by atoms with van der Waals surface area (Å²) in [6, 6.07) is 6.26. The lowest BCUT2D eigenvalue weighted by atomic mass is 10.1. The largest absolute Gasteiger partial charge is 0.376 e. The molecule has 0 bridgehead atoms. The first-order valence-corrected chi connectivity index (χ1v) is 8.27. The van der Waals surface area contributed by atoms with Crippen LogP contribution in [0.3, 0.4) is 0 Å². The molecule has 0 aliphatic carbocycles. The number of aromatic nitrogens is 1. The molecule has 0 amide bonds. The van der Waals surface area contributed by atoms with Crippen molar-refractivity contribution in [3.8, 4) is 0 Å². The van der Waals surface area contributed by atoms with Crippen molar-refractivity contribution in [3.63, 3.8) is 0 Å². The second-order valence-corrected chi connectivity index (χ2v) is 7.26. The van der Waals surface area contributed by atoms with Gasteiger partial charge in [0.2, 0.25) is 0 Å². The Hall–Kier alpha value is -2.22. The van der Waals surface area contributed by atoms with E-state index in [1.807, 2.05) is 0 Å². The van der Waals surface area contributed by atoms with E-state index >= 15 is 0 Å². The Labute approximate surface area is 121 Å². The number of nitrogens with one attached hydrogen (secondary N) is 1. The molecule has 1 aliphatic rings. The zero-order valence-electron chi connectivity index (χ0n) is 11.0. The van der Waals surface area contributed by atoms with Crippen molar-refractivity contribution >= 4 is 32.1 Å². The van der Waals surface area contributed by atoms with Crippen LogP contribution in [-0.2, 0) is 9.84 Å². The van der Waals surface area contributed by atoms with Gasteiger partial charge in [0.1, 0.15) is 5.69 Å². The molecule has 2 heterocycles. The van der Waals surface area contributed by atoms with Gasteiger partial charge in [-0.15, -0.1) is 0 Å². The third kappa shape index (κ3) is 2.66. The Bertz CT molecular complexity index is 819. The van der Waals surface area contributed by atoms with Gasteiger partial charge in [0.05, 0.1) is 27.3 Å². The van der Waals surface area contributed by atoms with Crippen LogP contribution in [-0.4, -0.2) is 35.9 Å². The highest BCUT2D eigenvalue weighted by molar-refractivity contribution is 7.91. The number of anilines is 1. The van der Waals surface area contributed by atoms with Gasteiger partial charge in [0.25, 0.3) is 0 Å². The fourth-order valence-electron chi connectivity index (χ4n) is 2.58. The van der Waals surface area contributed by atoms with Crippen molar-refractivity contribution in [2.45, 2.75) is 12.5 Å². The highest BCUT2D eigenvalue weighted by Gasteiger charge is 2.30. The first-order chi connectivity index (χ1) is 9.96. The molecule has 21 heavy (non-hydrogen) atoms. The Morgan fingerprint density at radius 3 is 2.81 bits per heavy atom. The summed E-state index contributed by atoms with van der Waals surface area (Å²) in [6.07, 6.45) is 2.03. The Kier molecular flexibility index (Phi) is 3.25. The van der Waals surface area contributed by atoms with Crippen molar-refractivity contribution in [1.82, 2.24) is 4.98 Å². The van der Waals surface area contributed by atoms with Crippen LogP contribution in [0.5, 0.6) is 0 Å². The molecule has 8 heteroatoms. The molecule has 7 nitrogen and oxygen atoms in total. The average Bonchev–Trinajstić information content (AvgIpc) is 2.77. The van der Waals surface area contributed by atoms with E-state index in [0.29, 0.717) is 23.0 Å². The first-order valence-electron chi connectivity index (χ1n) is 6.45. The van der Waals surface area contributed by atoms with E-state index < -0.39 is 14.8 Å². The molecule has 0 spiro atoms. The van der Waals surface area contributed by atoms with E-state index in [4.69, 9.17) is 0 Å². The lowest BCUT2D eigenvalue weighted by Crippen LogP contribution is -2.21. The maximum absolute atomic E-state index is 11.5. The number of nitrogens with zero attached hydrogens (tertiary/aromatic N) is 2. The van der Waals surface area contributed by atoms with Gasteiger partial charge < -0.3 is 5.32 Å². The molecular formula is C13H13N3O4S. The zero-order chi connectivity index (χ0) is 15.0. The first kappa shape index (κ1) is 13.7. The molecule has 110 valence electrons. The topological polar surface area (TPSA) is 102 Å². The van der Waals surface area contributed by atoms with E-state index in [9.17, 15) is 18.5 Å². The number of sulfone groups is 1. The predicted molar refractivity (Wildman–Crippen MR) is 79.1 cm³/mol. The number of pyridine rings is 1. The van der Waals surface area contributed by atoms with Gasteiger partial charge in [-0.1, -0.05) is 0 Å². The van der Waals surface area contributed by atoms with Gasteiger partial charge in [-0.3, -0.25) is 15.1 Å². The third-order valence-electron chi connectivity index (χ3n) is 3.53. The van der Waals surface area contributed by atoms with Crippen molar-refractivity contribution in [1.29, 1.82) is 0 Å². The van der Waals surface area contributed by atoms with Crippen LogP contribution in [0.1, 0.15) is 6.42 Å². The Morgan fingerprint density at radius 1 is 1.33 bits per heavy atom. The molecule has 1 aliphatic heterocycles. The highest BCUT2D eigenvalue weighted by atomic mass is 32.2. The molecule has 1 atom stereocenters. The highest BCUT2D eigenvalue weighted by Crippen LogP contribution is 2.33. The lowest BCUT2D eigenvalue weighted by Gasteiger charge is -2.13. The minimum absolute atomic E-state index is 0.00916. The number of hydrogen-bond donors (Lipinski definition) is 1. The zero-order valence-corrected chi connectivity index (χ0v) is 11.8. The number of nitro groups is 1. The summed E-state index contributed by atoms with van der Waals surface area (Å²) >= 11 is 0. The number of nitro benzene ring substituents is 1. The van der Waals surface area contributed by atoms with Gasteiger partial charge in [0.15, 0.2) is 9.84 Å². The number of benzene rings is 1. The molecule has 0 saturated carbocycles. The van der Waals surface area contributed by atoms with Crippen LogP contribution in [0.4, 0.5) is 11.4 Å². The molecule has 1 unspecified atom stereocenters. The number of hydrogen-bond acceptors (Lipinski definition) is 6. The standard InChI is InChI=1S/C13H13N3O4S/c17-16(18)13-10-2-1-6-14-11(10)3-4-12(13)15-9-5-7-21(19,20)8-9/h1-4,6,9,15H,5,7-8H2. The van der Waals surface area contributed by atoms with E-state index in [1.54, 1.807) is 30.5 Å². The molecule has 1 N–H and O–H groups in total. The fourth-order valence-corrected chi connectivity index (χ4v) is 4.25. The van der Waals surface area contributed by atoms with Crippen molar-refractivity contribution < 1.29 is 13.3 Å². The predicted octanol–water partition coefficient (Wildman–Crippen LogP) is 1.74. The van der Waals surface area contributed by atoms with Crippen molar-refractivity contribution in [2.75, 3.05) is 16.8 Å². The molecule has 2 aromatic rings. The maximum atomic E-state index is 11.5. The van der Waals surface area contributed by atoms with Gasteiger partial charge in [-0.05, 0) is 30.7 Å². The summed E-state index contributed by atoms with van der Waals surface area (Å²) in [6.45, 7) is 0. The van der Waals surface area contributed by atoms with Gasteiger partial charge >= 0.3 is 5.69 Å². The molecule has 1 fully saturated rings. The Morgan fingerprint density at radius 2 is 2.14 bits per heavy atom. The minimum atomic E-state index is -3.04. The summed E-state index contributed by atoms with van der Waals surface area (Å²) in [5.74, 6) is 0.128. The summed E-state index contributed by atoms with van der Waals surface area (Å²) < 4.78 is 23.0. The fraction of sp³-hybridized carbons (Fsp3) is 0.308. The summed E-state index contributed by atoms with van der Waals surface area (Å²) in [5, 5.41) is 14.8. The molecule has 1 aromatic heterocycles. The summed E-state index contributed by atoms with van der Waals surface area (Å²) in [4.78, 5) is 15.0. The second-order valence-electron chi connectivity index (χ2n) is 5.03. The normalized spacial score (nSPS) is 20.5. The second kappa shape index (κ2) is 4.96. The van der Waals surface area contributed by atoms with Crippen molar-refractivity contribution in [2.24, 2.45) is 0 Å². The van der Waals surface area contributed by atoms with E-state index in [0.717, 1.165) is 0 Å². The van der Waals surface area contributed by atoms with Gasteiger partial charge in [0, 0.05) is 12.2 Å². The van der Waals surface area contributed by atoms with E-state index in [-0.39, 0.29) is 23.2 Å². The molecular weight excluding hydrogens is 294 g/mol. The van der Waals surface area contributed by atoms with Crippen LogP contribution in [0.2, 0.25) is 0 Å². The quantitative estimate of drug-likeness (QED) is 0.684. The third-order valence-corrected chi connectivity index (χ3v) is 5.30. The number of fused-ring (bicyclic) bond motifs is 1. The van der Waals surface area contributed by atoms with Crippen LogP contribution in [0.25, 0.3) is 10.9 Å². The molecule has 1 aromatic carbocycles. The van der Waals surface area contributed by atoms with Gasteiger partial charge in [-0.2, -0.15) is 0 Å². The van der Waals surface area contributed by atoms with E-state index in [1.165, 1.54) is 0 Å². The van der Waals surface area contributed by atoms with Crippen LogP contribution in [0.15, 0.2) is 30.5 Å². The van der Waals surface area contributed by atoms with Crippen LogP contribution >= 0.6 is 0 Å². The minimum Gasteiger partial charge on any atom is -0.376 e. The average molecular weight is 307 g/mol. The molecule has 1 saturated heterocycles. The van der Waals surface area contributed by atoms with Crippen molar-refractivity contribution in [3.05, 3.63) is 40.6 Å². The molecule has 0 radical (unpaired) electrons. The monoisotopic (exact) mass is 307 g/mol. The van der Waals surface area contributed by atoms with Crippen LogP contribution < -0.4 is 5.32 Å². The smallest absolute Gasteiger partial charge is 0.301 e. The van der Waals surface area contributed by atoms with Crippen LogP contribution in [0, 0.1) is 10.1 Å². The van der Waals surface area contributed by atoms with E-state index in [2.05, 4.69) is 10.3 Å². The maximum Gasteiger partial charge on any atom is 0.301 e. The lowest BCUT2D eigenvalue weighted by molar-refractivity contribution is -0.382. The summed E-state index contributed by atoms with van der Waals surface area (Å²) in [7, 11) is -3.04. The number of rotatable bonds is 3. The Balaban J connectivity index is 2.02. The molecule has 3 rings (SSSR count).